The number of rotatable bonds is 11. The summed E-state index contributed by atoms with van der Waals surface area (Å²) in [4.78, 5) is 17.6. The number of anilines is 2. The molecule has 0 unspecified atom stereocenters. The summed E-state index contributed by atoms with van der Waals surface area (Å²) in [6, 6.07) is 28.4. The predicted octanol–water partition coefficient (Wildman–Crippen LogP) is 4.88. The highest BCUT2D eigenvalue weighted by Crippen LogP contribution is 2.36. The molecule has 0 N–H and O–H groups in total. The molecule has 0 radical (unpaired) electrons. The Morgan fingerprint density at radius 3 is 2.17 bits per heavy atom. The van der Waals surface area contributed by atoms with Gasteiger partial charge in [0, 0.05) is 55.5 Å². The van der Waals surface area contributed by atoms with E-state index < -0.39 is 5.79 Å². The van der Waals surface area contributed by atoms with Gasteiger partial charge in [0.1, 0.15) is 24.8 Å². The van der Waals surface area contributed by atoms with Crippen molar-refractivity contribution in [2.24, 2.45) is 0 Å². The van der Waals surface area contributed by atoms with Crippen LogP contribution in [0.2, 0.25) is 0 Å². The molecule has 0 amide bonds. The third-order valence-electron chi connectivity index (χ3n) is 9.11. The highest BCUT2D eigenvalue weighted by Gasteiger charge is 2.44. The fourth-order valence-electron chi connectivity index (χ4n) is 6.23. The van der Waals surface area contributed by atoms with Crippen molar-refractivity contribution >= 4 is 11.4 Å². The van der Waals surface area contributed by atoms with Gasteiger partial charge in [-0.1, -0.05) is 37.3 Å². The standard InChI is InChI=1S/C36H41N7O4/c1-3-28(2)43-35(44)42(27-38-43)32-12-10-30(11-13-32)39-20-22-40(23-21-39)31-14-16-33(17-15-31)45-24-34-25-46-36(47-34,26-41-19-7-18-37-41)29-8-5-4-6-9-29/h4-19,27-28,34H,3,20-26H2,1-2H3/t28-,34-,36-/m0/s1. The van der Waals surface area contributed by atoms with E-state index in [0.717, 1.165) is 55.3 Å². The number of benzene rings is 3. The van der Waals surface area contributed by atoms with Crippen LogP contribution in [0, 0.1) is 0 Å². The van der Waals surface area contributed by atoms with Gasteiger partial charge in [-0.3, -0.25) is 4.68 Å². The second-order valence-corrected chi connectivity index (χ2v) is 12.2. The lowest BCUT2D eigenvalue weighted by atomic mass is 10.1. The first-order chi connectivity index (χ1) is 23.0. The molecule has 11 nitrogen and oxygen atoms in total. The number of nitrogens with zero attached hydrogens (tertiary/aromatic N) is 7. The average molecular weight is 636 g/mol. The summed E-state index contributed by atoms with van der Waals surface area (Å²) >= 11 is 0. The molecular formula is C36H41N7O4. The van der Waals surface area contributed by atoms with E-state index in [1.54, 1.807) is 21.8 Å². The minimum atomic E-state index is -0.911. The Labute approximate surface area is 274 Å². The summed E-state index contributed by atoms with van der Waals surface area (Å²) in [5, 5.41) is 8.67. The van der Waals surface area contributed by atoms with Crippen molar-refractivity contribution in [3.05, 3.63) is 120 Å². The Balaban J connectivity index is 0.913. The third kappa shape index (κ3) is 6.54. The van der Waals surface area contributed by atoms with Crippen molar-refractivity contribution < 1.29 is 14.2 Å². The predicted molar refractivity (Wildman–Crippen MR) is 180 cm³/mol. The summed E-state index contributed by atoms with van der Waals surface area (Å²) in [7, 11) is 0. The molecule has 4 heterocycles. The first kappa shape index (κ1) is 30.8. The van der Waals surface area contributed by atoms with Crippen LogP contribution in [0.3, 0.4) is 0 Å². The Morgan fingerprint density at radius 1 is 0.872 bits per heavy atom. The lowest BCUT2D eigenvalue weighted by Gasteiger charge is -2.37. The summed E-state index contributed by atoms with van der Waals surface area (Å²) in [6.07, 6.45) is 5.92. The molecule has 47 heavy (non-hydrogen) atoms. The molecule has 2 aliphatic rings. The van der Waals surface area contributed by atoms with Crippen LogP contribution in [-0.2, 0) is 21.8 Å². The minimum Gasteiger partial charge on any atom is -0.491 e. The molecule has 0 spiro atoms. The van der Waals surface area contributed by atoms with Gasteiger partial charge < -0.3 is 24.0 Å². The second-order valence-electron chi connectivity index (χ2n) is 12.2. The molecule has 0 aliphatic carbocycles. The van der Waals surface area contributed by atoms with Crippen LogP contribution in [0.5, 0.6) is 5.75 Å². The fourth-order valence-corrected chi connectivity index (χ4v) is 6.23. The first-order valence-electron chi connectivity index (χ1n) is 16.4. The van der Waals surface area contributed by atoms with Gasteiger partial charge in [0.2, 0.25) is 5.79 Å². The van der Waals surface area contributed by atoms with Crippen LogP contribution in [-0.4, -0.2) is 69.6 Å². The molecule has 5 aromatic rings. The molecule has 7 rings (SSSR count). The second kappa shape index (κ2) is 13.5. The topological polar surface area (TPSA) is 91.8 Å². The van der Waals surface area contributed by atoms with Crippen molar-refractivity contribution in [1.29, 1.82) is 0 Å². The molecule has 3 aromatic carbocycles. The van der Waals surface area contributed by atoms with Gasteiger partial charge in [0.15, 0.2) is 0 Å². The van der Waals surface area contributed by atoms with Crippen LogP contribution < -0.4 is 20.2 Å². The molecule has 0 bridgehead atoms. The van der Waals surface area contributed by atoms with Gasteiger partial charge in [0.25, 0.3) is 0 Å². The highest BCUT2D eigenvalue weighted by atomic mass is 16.8. The Hall–Kier alpha value is -4.87. The van der Waals surface area contributed by atoms with Gasteiger partial charge in [-0.15, -0.1) is 0 Å². The number of ether oxygens (including phenoxy) is 3. The van der Waals surface area contributed by atoms with Crippen molar-refractivity contribution in [2.45, 2.75) is 44.7 Å². The maximum Gasteiger partial charge on any atom is 0.350 e. The molecule has 3 atom stereocenters. The zero-order valence-corrected chi connectivity index (χ0v) is 26.9. The van der Waals surface area contributed by atoms with Crippen molar-refractivity contribution in [2.75, 3.05) is 49.2 Å². The summed E-state index contributed by atoms with van der Waals surface area (Å²) < 4.78 is 23.9. The minimum absolute atomic E-state index is 0.0738. The normalized spacial score (nSPS) is 20.4. The maximum atomic E-state index is 12.8. The third-order valence-corrected chi connectivity index (χ3v) is 9.11. The molecule has 0 saturated carbocycles. The number of piperazine rings is 1. The Bertz CT molecular complexity index is 1780. The quantitative estimate of drug-likeness (QED) is 0.203. The zero-order chi connectivity index (χ0) is 32.2. The lowest BCUT2D eigenvalue weighted by Crippen LogP contribution is -2.46. The van der Waals surface area contributed by atoms with Gasteiger partial charge in [-0.2, -0.15) is 10.2 Å². The molecule has 244 valence electrons. The van der Waals surface area contributed by atoms with E-state index >= 15 is 0 Å². The molecule has 2 saturated heterocycles. The van der Waals surface area contributed by atoms with Crippen molar-refractivity contribution in [3.63, 3.8) is 0 Å². The molecule has 11 heteroatoms. The summed E-state index contributed by atoms with van der Waals surface area (Å²) in [5.41, 5.74) is 4.00. The molecule has 2 aromatic heterocycles. The van der Waals surface area contributed by atoms with Gasteiger partial charge >= 0.3 is 5.69 Å². The van der Waals surface area contributed by atoms with Gasteiger partial charge in [-0.25, -0.2) is 14.0 Å². The summed E-state index contributed by atoms with van der Waals surface area (Å²) in [5.74, 6) is -0.110. The Morgan fingerprint density at radius 2 is 1.53 bits per heavy atom. The van der Waals surface area contributed by atoms with E-state index in [4.69, 9.17) is 14.2 Å². The molecular weight excluding hydrogens is 594 g/mol. The zero-order valence-electron chi connectivity index (χ0n) is 26.9. The van der Waals surface area contributed by atoms with Crippen molar-refractivity contribution in [1.82, 2.24) is 24.1 Å². The van der Waals surface area contributed by atoms with Gasteiger partial charge in [0.05, 0.1) is 24.9 Å². The van der Waals surface area contributed by atoms with E-state index in [0.29, 0.717) is 19.8 Å². The van der Waals surface area contributed by atoms with E-state index in [9.17, 15) is 4.79 Å². The van der Waals surface area contributed by atoms with Crippen LogP contribution >= 0.6 is 0 Å². The number of hydrogen-bond donors (Lipinski definition) is 0. The largest absolute Gasteiger partial charge is 0.491 e. The Kier molecular flexibility index (Phi) is 8.82. The van der Waals surface area contributed by atoms with Crippen molar-refractivity contribution in [3.8, 4) is 11.4 Å². The highest BCUT2D eigenvalue weighted by molar-refractivity contribution is 5.54. The SMILES string of the molecule is CC[C@H](C)n1ncn(-c2ccc(N3CCN(c4ccc(OC[C@H]5CO[C@](Cn6cccn6)(c6ccccc6)O5)cc4)CC3)cc2)c1=O. The van der Waals surface area contributed by atoms with E-state index in [2.05, 4.69) is 51.2 Å². The fraction of sp³-hybridized carbons (Fsp3) is 0.361. The number of hydrogen-bond acceptors (Lipinski definition) is 8. The lowest BCUT2D eigenvalue weighted by molar-refractivity contribution is -0.190. The van der Waals surface area contributed by atoms with E-state index in [1.165, 1.54) is 5.69 Å². The molecule has 2 aliphatic heterocycles. The number of aromatic nitrogens is 5. The monoisotopic (exact) mass is 635 g/mol. The van der Waals surface area contributed by atoms with E-state index in [-0.39, 0.29) is 17.8 Å². The van der Waals surface area contributed by atoms with Crippen LogP contribution in [0.4, 0.5) is 11.4 Å². The van der Waals surface area contributed by atoms with Crippen LogP contribution in [0.1, 0.15) is 31.9 Å². The first-order valence-corrected chi connectivity index (χ1v) is 16.4. The molecule has 2 fully saturated rings. The van der Waals surface area contributed by atoms with E-state index in [1.807, 2.05) is 78.5 Å². The maximum absolute atomic E-state index is 12.8. The summed E-state index contributed by atoms with van der Waals surface area (Å²) in [6.45, 7) is 8.98. The average Bonchev–Trinajstić information content (AvgIpc) is 3.89. The van der Waals surface area contributed by atoms with Crippen LogP contribution in [0.25, 0.3) is 5.69 Å². The van der Waals surface area contributed by atoms with Crippen LogP contribution in [0.15, 0.2) is 108 Å². The smallest absolute Gasteiger partial charge is 0.350 e. The van der Waals surface area contributed by atoms with Gasteiger partial charge in [-0.05, 0) is 67.9 Å².